The number of carboxylic acid groups (broad SMARTS) is 1. The first kappa shape index (κ1) is 29.6. The number of hydrogen-bond acceptors (Lipinski definition) is 6. The third kappa shape index (κ3) is 9.05. The molecule has 0 aromatic heterocycles. The summed E-state index contributed by atoms with van der Waals surface area (Å²) in [5, 5.41) is 15.0. The Morgan fingerprint density at radius 1 is 1.11 bits per heavy atom. The van der Waals surface area contributed by atoms with Gasteiger partial charge in [0.2, 0.25) is 17.7 Å². The van der Waals surface area contributed by atoms with Crippen molar-refractivity contribution in [1.82, 2.24) is 15.5 Å². The van der Waals surface area contributed by atoms with Crippen LogP contribution in [-0.4, -0.2) is 76.9 Å². The van der Waals surface area contributed by atoms with Crippen LogP contribution in [0, 0.1) is 5.92 Å². The zero-order chi connectivity index (χ0) is 27.5. The van der Waals surface area contributed by atoms with E-state index in [1.807, 2.05) is 6.07 Å². The van der Waals surface area contributed by atoms with Gasteiger partial charge in [-0.3, -0.25) is 19.4 Å². The third-order valence-electron chi connectivity index (χ3n) is 6.32. The third-order valence-corrected chi connectivity index (χ3v) is 6.32. The van der Waals surface area contributed by atoms with Gasteiger partial charge in [0.1, 0.15) is 18.1 Å². The Balaban J connectivity index is 2.14. The summed E-state index contributed by atoms with van der Waals surface area (Å²) < 4.78 is 0. The van der Waals surface area contributed by atoms with Crippen molar-refractivity contribution in [1.29, 1.82) is 0 Å². The van der Waals surface area contributed by atoms with Gasteiger partial charge in [-0.2, -0.15) is 0 Å². The first-order valence-electron chi connectivity index (χ1n) is 12.5. The zero-order valence-electron chi connectivity index (χ0n) is 21.4. The number of nitrogens with two attached hydrogens (primary N) is 3. The predicted octanol–water partition coefficient (Wildman–Crippen LogP) is -0.689. The fourth-order valence-electron chi connectivity index (χ4n) is 4.15. The molecule has 3 amide bonds. The molecule has 0 radical (unpaired) electrons. The van der Waals surface area contributed by atoms with Gasteiger partial charge in [-0.1, -0.05) is 44.2 Å². The average Bonchev–Trinajstić information content (AvgIpc) is 3.35. The van der Waals surface area contributed by atoms with Crippen molar-refractivity contribution >= 4 is 29.7 Å². The summed E-state index contributed by atoms with van der Waals surface area (Å²) in [5.41, 5.74) is 17.5. The Morgan fingerprint density at radius 3 is 2.38 bits per heavy atom. The highest BCUT2D eigenvalue weighted by molar-refractivity contribution is 5.94. The molecule has 1 fully saturated rings. The summed E-state index contributed by atoms with van der Waals surface area (Å²) in [7, 11) is 0. The van der Waals surface area contributed by atoms with Gasteiger partial charge in [-0.05, 0) is 37.2 Å². The van der Waals surface area contributed by atoms with Crippen LogP contribution in [0.1, 0.15) is 45.1 Å². The number of carbonyl (C=O) groups is 4. The van der Waals surface area contributed by atoms with E-state index in [0.717, 1.165) is 5.56 Å². The molecule has 2 rings (SSSR count). The van der Waals surface area contributed by atoms with Crippen LogP contribution in [-0.2, 0) is 25.6 Å². The Morgan fingerprint density at radius 2 is 1.78 bits per heavy atom. The molecule has 204 valence electrons. The van der Waals surface area contributed by atoms with Crippen molar-refractivity contribution in [2.75, 3.05) is 13.1 Å². The fraction of sp³-hybridized carbons (Fsp3) is 0.560. The number of benzene rings is 1. The van der Waals surface area contributed by atoms with E-state index in [-0.39, 0.29) is 31.3 Å². The normalized spacial score (nSPS) is 17.5. The lowest BCUT2D eigenvalue weighted by atomic mass is 10.0. The Hall–Kier alpha value is -3.67. The fourth-order valence-corrected chi connectivity index (χ4v) is 4.15. The van der Waals surface area contributed by atoms with Crippen molar-refractivity contribution in [2.45, 2.75) is 70.1 Å². The van der Waals surface area contributed by atoms with E-state index in [1.54, 1.807) is 38.1 Å². The van der Waals surface area contributed by atoms with Crippen LogP contribution in [0.4, 0.5) is 0 Å². The van der Waals surface area contributed by atoms with Crippen molar-refractivity contribution < 1.29 is 24.3 Å². The van der Waals surface area contributed by atoms with Gasteiger partial charge in [0.05, 0.1) is 6.04 Å². The second kappa shape index (κ2) is 14.2. The molecule has 4 atom stereocenters. The van der Waals surface area contributed by atoms with Gasteiger partial charge in [-0.15, -0.1) is 0 Å². The van der Waals surface area contributed by atoms with E-state index >= 15 is 0 Å². The SMILES string of the molecule is CC(C)C(N)C(=O)NC(CCCN=C(N)N)C(=O)N1CCCC1C(=O)NC(Cc1ccccc1)C(=O)O. The van der Waals surface area contributed by atoms with E-state index in [2.05, 4.69) is 15.6 Å². The Bertz CT molecular complexity index is 965. The first-order chi connectivity index (χ1) is 17.5. The first-order valence-corrected chi connectivity index (χ1v) is 12.5. The lowest BCUT2D eigenvalue weighted by Crippen LogP contribution is -2.57. The Labute approximate surface area is 217 Å². The number of aliphatic carboxylic acids is 1. The molecule has 37 heavy (non-hydrogen) atoms. The number of nitrogens with zero attached hydrogens (tertiary/aromatic N) is 2. The topological polar surface area (TPSA) is 206 Å². The quantitative estimate of drug-likeness (QED) is 0.112. The summed E-state index contributed by atoms with van der Waals surface area (Å²) in [6.07, 6.45) is 1.71. The summed E-state index contributed by atoms with van der Waals surface area (Å²) in [6.45, 7) is 4.18. The van der Waals surface area contributed by atoms with Crippen molar-refractivity contribution in [3.63, 3.8) is 0 Å². The van der Waals surface area contributed by atoms with Crippen LogP contribution in [0.3, 0.4) is 0 Å². The summed E-state index contributed by atoms with van der Waals surface area (Å²) in [5.74, 6) is -2.82. The number of aliphatic imine (C=N–C) groups is 1. The zero-order valence-corrected chi connectivity index (χ0v) is 21.4. The molecular formula is C25H39N7O5. The van der Waals surface area contributed by atoms with Gasteiger partial charge in [-0.25, -0.2) is 4.79 Å². The minimum Gasteiger partial charge on any atom is -0.480 e. The van der Waals surface area contributed by atoms with Crippen LogP contribution in [0.25, 0.3) is 0 Å². The molecule has 9 N–H and O–H groups in total. The van der Waals surface area contributed by atoms with Crippen molar-refractivity contribution in [3.05, 3.63) is 35.9 Å². The highest BCUT2D eigenvalue weighted by atomic mass is 16.4. The molecule has 0 aliphatic carbocycles. The maximum absolute atomic E-state index is 13.5. The molecule has 4 unspecified atom stereocenters. The second-order valence-electron chi connectivity index (χ2n) is 9.56. The van der Waals surface area contributed by atoms with E-state index in [1.165, 1.54) is 4.90 Å². The van der Waals surface area contributed by atoms with Gasteiger partial charge < -0.3 is 37.8 Å². The smallest absolute Gasteiger partial charge is 0.326 e. The highest BCUT2D eigenvalue weighted by Crippen LogP contribution is 2.20. The van der Waals surface area contributed by atoms with Crippen LogP contribution >= 0.6 is 0 Å². The van der Waals surface area contributed by atoms with E-state index in [4.69, 9.17) is 17.2 Å². The van der Waals surface area contributed by atoms with E-state index in [9.17, 15) is 24.3 Å². The number of nitrogens with one attached hydrogen (secondary N) is 2. The molecule has 0 spiro atoms. The number of hydrogen-bond donors (Lipinski definition) is 6. The molecule has 1 aromatic carbocycles. The number of carboxylic acids is 1. The molecule has 1 aromatic rings. The minimum absolute atomic E-state index is 0.0755. The van der Waals surface area contributed by atoms with Gasteiger partial charge in [0.25, 0.3) is 0 Å². The lowest BCUT2D eigenvalue weighted by Gasteiger charge is -2.30. The van der Waals surface area contributed by atoms with Crippen LogP contribution in [0.2, 0.25) is 0 Å². The molecule has 0 bridgehead atoms. The standard InChI is InChI=1S/C25H39N7O5/c1-15(2)20(26)22(34)30-17(10-6-12-29-25(27)28)23(35)32-13-7-11-19(32)21(33)31-18(24(36)37)14-16-8-4-3-5-9-16/h3-5,8-9,15,17-20H,6-7,10-14,26H2,1-2H3,(H,30,34)(H,31,33)(H,36,37)(H4,27,28,29). The monoisotopic (exact) mass is 517 g/mol. The average molecular weight is 518 g/mol. The van der Waals surface area contributed by atoms with Gasteiger partial charge in [0.15, 0.2) is 5.96 Å². The maximum atomic E-state index is 13.5. The minimum atomic E-state index is -1.17. The molecule has 0 saturated carbocycles. The maximum Gasteiger partial charge on any atom is 0.326 e. The molecule has 1 aliphatic rings. The summed E-state index contributed by atoms with van der Waals surface area (Å²) in [4.78, 5) is 56.4. The highest BCUT2D eigenvalue weighted by Gasteiger charge is 2.39. The lowest BCUT2D eigenvalue weighted by molar-refractivity contribution is -0.145. The second-order valence-corrected chi connectivity index (χ2v) is 9.56. The Kier molecular flexibility index (Phi) is 11.3. The molecule has 1 saturated heterocycles. The van der Waals surface area contributed by atoms with E-state index in [0.29, 0.717) is 25.8 Å². The number of rotatable bonds is 13. The molecule has 1 heterocycles. The van der Waals surface area contributed by atoms with Crippen LogP contribution in [0.5, 0.6) is 0 Å². The number of guanidine groups is 1. The number of likely N-dealkylation sites (tertiary alicyclic amines) is 1. The van der Waals surface area contributed by atoms with Gasteiger partial charge in [0, 0.05) is 19.5 Å². The van der Waals surface area contributed by atoms with Gasteiger partial charge >= 0.3 is 5.97 Å². The van der Waals surface area contributed by atoms with Crippen molar-refractivity contribution in [3.8, 4) is 0 Å². The summed E-state index contributed by atoms with van der Waals surface area (Å²) in [6, 6.07) is 5.24. The number of amides is 3. The predicted molar refractivity (Wildman–Crippen MR) is 139 cm³/mol. The van der Waals surface area contributed by atoms with E-state index < -0.39 is 47.9 Å². The van der Waals surface area contributed by atoms with Crippen LogP contribution in [0.15, 0.2) is 35.3 Å². The molecule has 1 aliphatic heterocycles. The number of carbonyl (C=O) groups excluding carboxylic acids is 3. The molecule has 12 nitrogen and oxygen atoms in total. The van der Waals surface area contributed by atoms with Crippen molar-refractivity contribution in [2.24, 2.45) is 28.1 Å². The summed E-state index contributed by atoms with van der Waals surface area (Å²) >= 11 is 0. The molecule has 12 heteroatoms. The molecular weight excluding hydrogens is 478 g/mol. The largest absolute Gasteiger partial charge is 0.480 e. The van der Waals surface area contributed by atoms with Crippen LogP contribution < -0.4 is 27.8 Å².